The SMILES string of the molecule is Cc1ccc(OCC2CCCO2)c(C(=O)O)c1. The number of carboxylic acid groups (broad SMARTS) is 1. The molecule has 17 heavy (non-hydrogen) atoms. The van der Waals surface area contributed by atoms with Crippen molar-refractivity contribution in [3.63, 3.8) is 0 Å². The largest absolute Gasteiger partial charge is 0.490 e. The van der Waals surface area contributed by atoms with Crippen LogP contribution in [0.15, 0.2) is 18.2 Å². The molecule has 1 saturated heterocycles. The van der Waals surface area contributed by atoms with Crippen LogP contribution < -0.4 is 4.74 Å². The molecule has 0 aliphatic carbocycles. The molecule has 1 unspecified atom stereocenters. The summed E-state index contributed by atoms with van der Waals surface area (Å²) in [5, 5.41) is 9.07. The van der Waals surface area contributed by atoms with Gasteiger partial charge < -0.3 is 14.6 Å². The normalized spacial score (nSPS) is 19.2. The van der Waals surface area contributed by atoms with Crippen LogP contribution in [0.2, 0.25) is 0 Å². The lowest BCUT2D eigenvalue weighted by atomic mass is 10.1. The third-order valence-electron chi connectivity index (χ3n) is 2.81. The first-order chi connectivity index (χ1) is 8.16. The first-order valence-electron chi connectivity index (χ1n) is 5.75. The number of aromatic carboxylic acids is 1. The Hall–Kier alpha value is -1.55. The molecule has 1 aliphatic rings. The van der Waals surface area contributed by atoms with E-state index in [0.29, 0.717) is 12.4 Å². The molecule has 1 N–H and O–H groups in total. The fourth-order valence-electron chi connectivity index (χ4n) is 1.90. The molecule has 0 spiro atoms. The van der Waals surface area contributed by atoms with Gasteiger partial charge in [0.1, 0.15) is 17.9 Å². The molecular weight excluding hydrogens is 220 g/mol. The summed E-state index contributed by atoms with van der Waals surface area (Å²) in [5.41, 5.74) is 1.12. The van der Waals surface area contributed by atoms with Crippen molar-refractivity contribution < 1.29 is 19.4 Å². The van der Waals surface area contributed by atoms with E-state index in [-0.39, 0.29) is 11.7 Å². The van der Waals surface area contributed by atoms with Crippen LogP contribution in [-0.2, 0) is 4.74 Å². The van der Waals surface area contributed by atoms with Crippen LogP contribution in [-0.4, -0.2) is 30.4 Å². The molecule has 0 aromatic heterocycles. The van der Waals surface area contributed by atoms with Crippen LogP contribution in [0.5, 0.6) is 5.75 Å². The molecule has 0 amide bonds. The van der Waals surface area contributed by atoms with E-state index in [1.165, 1.54) is 0 Å². The van der Waals surface area contributed by atoms with Gasteiger partial charge in [0.2, 0.25) is 0 Å². The molecule has 92 valence electrons. The smallest absolute Gasteiger partial charge is 0.339 e. The zero-order valence-electron chi connectivity index (χ0n) is 9.81. The second-order valence-corrected chi connectivity index (χ2v) is 4.25. The second-order valence-electron chi connectivity index (χ2n) is 4.25. The first kappa shape index (κ1) is 11.9. The zero-order valence-corrected chi connectivity index (χ0v) is 9.81. The Morgan fingerprint density at radius 1 is 1.59 bits per heavy atom. The van der Waals surface area contributed by atoms with E-state index in [0.717, 1.165) is 25.0 Å². The van der Waals surface area contributed by atoms with Gasteiger partial charge in [0.25, 0.3) is 0 Å². The van der Waals surface area contributed by atoms with Gasteiger partial charge in [-0.15, -0.1) is 0 Å². The van der Waals surface area contributed by atoms with Crippen molar-refractivity contribution in [1.29, 1.82) is 0 Å². The van der Waals surface area contributed by atoms with E-state index < -0.39 is 5.97 Å². The quantitative estimate of drug-likeness (QED) is 0.871. The molecule has 0 radical (unpaired) electrons. The highest BCUT2D eigenvalue weighted by Gasteiger charge is 2.18. The third-order valence-corrected chi connectivity index (χ3v) is 2.81. The lowest BCUT2D eigenvalue weighted by molar-refractivity contribution is 0.0629. The molecule has 0 bridgehead atoms. The number of ether oxygens (including phenoxy) is 2. The summed E-state index contributed by atoms with van der Waals surface area (Å²) in [7, 11) is 0. The summed E-state index contributed by atoms with van der Waals surface area (Å²) in [4.78, 5) is 11.1. The predicted molar refractivity (Wildman–Crippen MR) is 62.6 cm³/mol. The molecule has 1 fully saturated rings. The molecule has 1 aromatic carbocycles. The minimum atomic E-state index is -0.962. The van der Waals surface area contributed by atoms with Gasteiger partial charge in [-0.05, 0) is 31.9 Å². The number of rotatable bonds is 4. The average Bonchev–Trinajstić information content (AvgIpc) is 2.80. The molecule has 2 rings (SSSR count). The van der Waals surface area contributed by atoms with Crippen molar-refractivity contribution in [2.45, 2.75) is 25.9 Å². The number of hydrogen-bond donors (Lipinski definition) is 1. The molecule has 1 heterocycles. The summed E-state index contributed by atoms with van der Waals surface area (Å²) in [5.74, 6) is -0.547. The predicted octanol–water partition coefficient (Wildman–Crippen LogP) is 2.25. The van der Waals surface area contributed by atoms with Gasteiger partial charge in [0, 0.05) is 6.61 Å². The number of benzene rings is 1. The van der Waals surface area contributed by atoms with E-state index in [2.05, 4.69) is 0 Å². The van der Waals surface area contributed by atoms with Gasteiger partial charge in [0.15, 0.2) is 0 Å². The lowest BCUT2D eigenvalue weighted by Crippen LogP contribution is -2.17. The topological polar surface area (TPSA) is 55.8 Å². The highest BCUT2D eigenvalue weighted by molar-refractivity contribution is 5.91. The van der Waals surface area contributed by atoms with E-state index in [4.69, 9.17) is 14.6 Å². The third kappa shape index (κ3) is 2.97. The second kappa shape index (κ2) is 5.19. The maximum Gasteiger partial charge on any atom is 0.339 e. The zero-order chi connectivity index (χ0) is 12.3. The summed E-state index contributed by atoms with van der Waals surface area (Å²) in [6, 6.07) is 5.16. The van der Waals surface area contributed by atoms with Gasteiger partial charge in [-0.2, -0.15) is 0 Å². The Kier molecular flexibility index (Phi) is 3.64. The highest BCUT2D eigenvalue weighted by Crippen LogP contribution is 2.21. The Bertz CT molecular complexity index is 408. The summed E-state index contributed by atoms with van der Waals surface area (Å²) in [6.45, 7) is 3.05. The molecule has 4 nitrogen and oxygen atoms in total. The van der Waals surface area contributed by atoms with Crippen LogP contribution in [0.1, 0.15) is 28.8 Å². The Labute approximate surface area is 100 Å². The van der Waals surface area contributed by atoms with Crippen LogP contribution >= 0.6 is 0 Å². The van der Waals surface area contributed by atoms with Crippen LogP contribution in [0.3, 0.4) is 0 Å². The highest BCUT2D eigenvalue weighted by atomic mass is 16.5. The van der Waals surface area contributed by atoms with Crippen LogP contribution in [0.4, 0.5) is 0 Å². The number of carboxylic acids is 1. The lowest BCUT2D eigenvalue weighted by Gasteiger charge is -2.13. The van der Waals surface area contributed by atoms with Gasteiger partial charge in [-0.25, -0.2) is 4.79 Å². The van der Waals surface area contributed by atoms with Gasteiger partial charge in [-0.3, -0.25) is 0 Å². The van der Waals surface area contributed by atoms with E-state index in [9.17, 15) is 4.79 Å². The summed E-state index contributed by atoms with van der Waals surface area (Å²) in [6.07, 6.45) is 2.13. The Morgan fingerprint density at radius 2 is 2.41 bits per heavy atom. The van der Waals surface area contributed by atoms with Crippen LogP contribution in [0, 0.1) is 6.92 Å². The Morgan fingerprint density at radius 3 is 3.06 bits per heavy atom. The monoisotopic (exact) mass is 236 g/mol. The molecule has 4 heteroatoms. The van der Waals surface area contributed by atoms with Crippen molar-refractivity contribution in [2.24, 2.45) is 0 Å². The fraction of sp³-hybridized carbons (Fsp3) is 0.462. The molecule has 1 atom stereocenters. The number of hydrogen-bond acceptors (Lipinski definition) is 3. The van der Waals surface area contributed by atoms with Crippen molar-refractivity contribution in [3.8, 4) is 5.75 Å². The van der Waals surface area contributed by atoms with Crippen LogP contribution in [0.25, 0.3) is 0 Å². The van der Waals surface area contributed by atoms with E-state index >= 15 is 0 Å². The maximum absolute atomic E-state index is 11.1. The number of carbonyl (C=O) groups is 1. The standard InChI is InChI=1S/C13H16O4/c1-9-4-5-12(11(7-9)13(14)15)17-8-10-3-2-6-16-10/h4-5,7,10H,2-3,6,8H2,1H3,(H,14,15). The fourth-order valence-corrected chi connectivity index (χ4v) is 1.90. The average molecular weight is 236 g/mol. The van der Waals surface area contributed by atoms with Crippen molar-refractivity contribution in [3.05, 3.63) is 29.3 Å². The minimum Gasteiger partial charge on any atom is -0.490 e. The van der Waals surface area contributed by atoms with E-state index in [1.807, 2.05) is 13.0 Å². The maximum atomic E-state index is 11.1. The number of aryl methyl sites for hydroxylation is 1. The van der Waals surface area contributed by atoms with Crippen molar-refractivity contribution in [2.75, 3.05) is 13.2 Å². The minimum absolute atomic E-state index is 0.0953. The van der Waals surface area contributed by atoms with Crippen molar-refractivity contribution in [1.82, 2.24) is 0 Å². The van der Waals surface area contributed by atoms with E-state index in [1.54, 1.807) is 12.1 Å². The first-order valence-corrected chi connectivity index (χ1v) is 5.75. The van der Waals surface area contributed by atoms with Gasteiger partial charge in [0.05, 0.1) is 6.10 Å². The molecular formula is C13H16O4. The molecule has 1 aromatic rings. The Balaban J connectivity index is 2.06. The molecule has 1 aliphatic heterocycles. The molecule has 0 saturated carbocycles. The van der Waals surface area contributed by atoms with Gasteiger partial charge in [-0.1, -0.05) is 11.6 Å². The van der Waals surface area contributed by atoms with Gasteiger partial charge >= 0.3 is 5.97 Å². The summed E-state index contributed by atoms with van der Waals surface area (Å²) < 4.78 is 11.0. The van der Waals surface area contributed by atoms with Crippen molar-refractivity contribution >= 4 is 5.97 Å². The summed E-state index contributed by atoms with van der Waals surface area (Å²) >= 11 is 0.